The van der Waals surface area contributed by atoms with Crippen LogP contribution in [-0.2, 0) is 19.1 Å². The molecular weight excluding hydrogens is 737 g/mol. The third-order valence-corrected chi connectivity index (χ3v) is 12.3. The van der Waals surface area contributed by atoms with Gasteiger partial charge < -0.3 is 24.6 Å². The SMILES string of the molecule is CCCCCCCCC(CCCCCC)C(=O)OCCCCCCN(CCCCCCOC(=O)C(CCCCCC)CCCCCCCC)CCCN(CCO)CCO. The Bertz CT molecular complexity index is 811. The van der Waals surface area contributed by atoms with Crippen molar-refractivity contribution in [1.82, 2.24) is 9.80 Å². The van der Waals surface area contributed by atoms with Crippen molar-refractivity contribution < 1.29 is 29.3 Å². The van der Waals surface area contributed by atoms with Crippen molar-refractivity contribution in [3.05, 3.63) is 0 Å². The maximum Gasteiger partial charge on any atom is 0.308 e. The molecule has 2 unspecified atom stereocenters. The quantitative estimate of drug-likeness (QED) is 0.0462. The molecule has 2 atom stereocenters. The first-order valence-electron chi connectivity index (χ1n) is 26.0. The molecule has 0 heterocycles. The fourth-order valence-electron chi connectivity index (χ4n) is 8.37. The lowest BCUT2D eigenvalue weighted by atomic mass is 9.94. The summed E-state index contributed by atoms with van der Waals surface area (Å²) in [5, 5.41) is 18.9. The maximum atomic E-state index is 13.1. The zero-order chi connectivity index (χ0) is 43.3. The standard InChI is InChI=1S/C51H102N2O6/c1-5-9-13-17-19-27-36-48(34-25-15-11-7-3)50(56)58-46-31-23-21-29-38-52(40-33-41-53(42-44-54)43-45-55)39-30-22-24-32-47-59-51(57)49(35-26-16-12-8-4)37-28-20-18-14-10-6-2/h48-49,54-55H,5-47H2,1-4H3. The van der Waals surface area contributed by atoms with Crippen molar-refractivity contribution in [2.45, 2.75) is 240 Å². The first kappa shape index (κ1) is 57.8. The number of aliphatic hydroxyl groups excluding tert-OH is 2. The molecule has 352 valence electrons. The van der Waals surface area contributed by atoms with Crippen LogP contribution in [0.2, 0.25) is 0 Å². The lowest BCUT2D eigenvalue weighted by Crippen LogP contribution is -2.34. The van der Waals surface area contributed by atoms with Crippen LogP contribution in [0.4, 0.5) is 0 Å². The number of hydrogen-bond acceptors (Lipinski definition) is 8. The number of hydrogen-bond donors (Lipinski definition) is 2. The van der Waals surface area contributed by atoms with Gasteiger partial charge >= 0.3 is 11.9 Å². The van der Waals surface area contributed by atoms with Crippen LogP contribution in [0.3, 0.4) is 0 Å². The molecule has 0 aromatic rings. The second kappa shape index (κ2) is 46.3. The molecule has 0 aliphatic rings. The monoisotopic (exact) mass is 839 g/mol. The van der Waals surface area contributed by atoms with Crippen molar-refractivity contribution in [2.24, 2.45) is 11.8 Å². The Hall–Kier alpha value is -1.22. The van der Waals surface area contributed by atoms with Gasteiger partial charge in [0, 0.05) is 13.1 Å². The summed E-state index contributed by atoms with van der Waals surface area (Å²) in [7, 11) is 0. The summed E-state index contributed by atoms with van der Waals surface area (Å²) in [5.41, 5.74) is 0. The van der Waals surface area contributed by atoms with E-state index in [1.165, 1.54) is 103 Å². The second-order valence-electron chi connectivity index (χ2n) is 17.9. The molecule has 0 spiro atoms. The first-order valence-corrected chi connectivity index (χ1v) is 26.0. The van der Waals surface area contributed by atoms with E-state index >= 15 is 0 Å². The van der Waals surface area contributed by atoms with Crippen LogP contribution >= 0.6 is 0 Å². The number of ether oxygens (including phenoxy) is 2. The van der Waals surface area contributed by atoms with E-state index < -0.39 is 0 Å². The minimum Gasteiger partial charge on any atom is -0.465 e. The summed E-state index contributed by atoms with van der Waals surface area (Å²) in [6, 6.07) is 0. The second-order valence-corrected chi connectivity index (χ2v) is 17.9. The highest BCUT2D eigenvalue weighted by atomic mass is 16.5. The number of rotatable bonds is 48. The fraction of sp³-hybridized carbons (Fsp3) is 0.961. The Balaban J connectivity index is 4.70. The highest BCUT2D eigenvalue weighted by Crippen LogP contribution is 2.22. The normalized spacial score (nSPS) is 12.7. The maximum absolute atomic E-state index is 13.1. The topological polar surface area (TPSA) is 99.5 Å². The molecule has 0 saturated heterocycles. The highest BCUT2D eigenvalue weighted by molar-refractivity contribution is 5.72. The Morgan fingerprint density at radius 3 is 0.983 bits per heavy atom. The van der Waals surface area contributed by atoms with Crippen molar-refractivity contribution in [3.8, 4) is 0 Å². The number of esters is 2. The fourth-order valence-corrected chi connectivity index (χ4v) is 8.37. The van der Waals surface area contributed by atoms with Gasteiger partial charge in [0.05, 0.1) is 38.3 Å². The zero-order valence-electron chi connectivity index (χ0n) is 40.0. The van der Waals surface area contributed by atoms with Gasteiger partial charge in [-0.3, -0.25) is 14.5 Å². The molecule has 0 aromatic heterocycles. The first-order chi connectivity index (χ1) is 29.0. The summed E-state index contributed by atoms with van der Waals surface area (Å²) in [6.07, 6.45) is 38.3. The summed E-state index contributed by atoms with van der Waals surface area (Å²) >= 11 is 0. The van der Waals surface area contributed by atoms with Gasteiger partial charge in [0.2, 0.25) is 0 Å². The van der Waals surface area contributed by atoms with Crippen LogP contribution in [0.5, 0.6) is 0 Å². The molecule has 0 amide bonds. The van der Waals surface area contributed by atoms with Crippen molar-refractivity contribution in [2.75, 3.05) is 65.7 Å². The smallest absolute Gasteiger partial charge is 0.308 e. The molecule has 0 rings (SSSR count). The van der Waals surface area contributed by atoms with Gasteiger partial charge in [-0.1, -0.05) is 182 Å². The number of carbonyl (C=O) groups excluding carboxylic acids is 2. The van der Waals surface area contributed by atoms with Gasteiger partial charge in [-0.15, -0.1) is 0 Å². The van der Waals surface area contributed by atoms with Crippen LogP contribution in [-0.4, -0.2) is 97.6 Å². The van der Waals surface area contributed by atoms with Crippen LogP contribution in [0.25, 0.3) is 0 Å². The molecule has 0 saturated carbocycles. The molecule has 0 bridgehead atoms. The van der Waals surface area contributed by atoms with E-state index in [2.05, 4.69) is 37.5 Å². The molecule has 0 aliphatic heterocycles. The zero-order valence-corrected chi connectivity index (χ0v) is 40.0. The molecule has 0 radical (unpaired) electrons. The molecule has 0 aliphatic carbocycles. The minimum absolute atomic E-state index is 0.0429. The van der Waals surface area contributed by atoms with E-state index in [9.17, 15) is 19.8 Å². The van der Waals surface area contributed by atoms with E-state index in [0.717, 1.165) is 135 Å². The summed E-state index contributed by atoms with van der Waals surface area (Å²) in [5.74, 6) is 0.233. The average molecular weight is 839 g/mol. The van der Waals surface area contributed by atoms with Crippen molar-refractivity contribution >= 4 is 11.9 Å². The summed E-state index contributed by atoms with van der Waals surface area (Å²) < 4.78 is 11.7. The van der Waals surface area contributed by atoms with Gasteiger partial charge in [-0.25, -0.2) is 0 Å². The van der Waals surface area contributed by atoms with E-state index in [1.807, 2.05) is 0 Å². The van der Waals surface area contributed by atoms with Gasteiger partial charge in [-0.05, 0) is 84.0 Å². The van der Waals surface area contributed by atoms with Gasteiger partial charge in [-0.2, -0.15) is 0 Å². The molecule has 8 heteroatoms. The van der Waals surface area contributed by atoms with E-state index in [4.69, 9.17) is 9.47 Å². The highest BCUT2D eigenvalue weighted by Gasteiger charge is 2.20. The van der Waals surface area contributed by atoms with E-state index in [0.29, 0.717) is 26.3 Å². The number of carbonyl (C=O) groups is 2. The Labute approximate surface area is 367 Å². The van der Waals surface area contributed by atoms with Crippen LogP contribution in [0, 0.1) is 11.8 Å². The van der Waals surface area contributed by atoms with Crippen molar-refractivity contribution in [1.29, 1.82) is 0 Å². The molecule has 0 aromatic carbocycles. The third kappa shape index (κ3) is 38.2. The molecule has 2 N–H and O–H groups in total. The summed E-state index contributed by atoms with van der Waals surface area (Å²) in [4.78, 5) is 30.9. The van der Waals surface area contributed by atoms with Crippen LogP contribution in [0.15, 0.2) is 0 Å². The van der Waals surface area contributed by atoms with Gasteiger partial charge in [0.15, 0.2) is 0 Å². The number of unbranched alkanes of at least 4 members (excludes halogenated alkanes) is 22. The third-order valence-electron chi connectivity index (χ3n) is 12.3. The van der Waals surface area contributed by atoms with Gasteiger partial charge in [0.25, 0.3) is 0 Å². The lowest BCUT2D eigenvalue weighted by molar-refractivity contribution is -0.150. The number of nitrogens with zero attached hydrogens (tertiary/aromatic N) is 2. The Morgan fingerprint density at radius 2 is 0.627 bits per heavy atom. The largest absolute Gasteiger partial charge is 0.465 e. The average Bonchev–Trinajstić information content (AvgIpc) is 3.23. The minimum atomic E-state index is 0.0429. The Kier molecular flexibility index (Phi) is 45.3. The Morgan fingerprint density at radius 1 is 0.356 bits per heavy atom. The molecular formula is C51H102N2O6. The van der Waals surface area contributed by atoms with Crippen LogP contribution < -0.4 is 0 Å². The van der Waals surface area contributed by atoms with Crippen molar-refractivity contribution in [3.63, 3.8) is 0 Å². The van der Waals surface area contributed by atoms with E-state index in [-0.39, 0.29) is 37.0 Å². The number of aliphatic hydroxyl groups is 2. The molecule has 8 nitrogen and oxygen atoms in total. The lowest BCUT2D eigenvalue weighted by Gasteiger charge is -2.25. The predicted molar refractivity (Wildman–Crippen MR) is 251 cm³/mol. The van der Waals surface area contributed by atoms with E-state index in [1.54, 1.807) is 0 Å². The predicted octanol–water partition coefficient (Wildman–Crippen LogP) is 12.8. The summed E-state index contributed by atoms with van der Waals surface area (Å²) in [6.45, 7) is 15.5. The van der Waals surface area contributed by atoms with Gasteiger partial charge in [0.1, 0.15) is 0 Å². The molecule has 59 heavy (non-hydrogen) atoms. The molecule has 0 fully saturated rings. The van der Waals surface area contributed by atoms with Crippen LogP contribution in [0.1, 0.15) is 240 Å².